The van der Waals surface area contributed by atoms with Crippen molar-refractivity contribution in [3.05, 3.63) is 48.0 Å². The van der Waals surface area contributed by atoms with E-state index in [1.54, 1.807) is 21.3 Å². The summed E-state index contributed by atoms with van der Waals surface area (Å²) in [5.41, 5.74) is 1.98. The van der Waals surface area contributed by atoms with E-state index in [9.17, 15) is 0 Å². The Morgan fingerprint density at radius 2 is 1.79 bits per heavy atom. The second kappa shape index (κ2) is 9.64. The molecule has 0 radical (unpaired) electrons. The standard InChI is InChI=1S/C22H28N2O3S/c1-25-19-12-7-9-17(14-19)23-22(28)24(18-10-4-5-11-18)15-16-8-6-13-20(26-2)21(16)27-3/h6-9,12-14,18H,4-5,10-11,15H2,1-3H3,(H,23,28). The lowest BCUT2D eigenvalue weighted by Crippen LogP contribution is -2.41. The van der Waals surface area contributed by atoms with Gasteiger partial charge >= 0.3 is 0 Å². The number of rotatable bonds is 7. The molecule has 1 N–H and O–H groups in total. The van der Waals surface area contributed by atoms with E-state index >= 15 is 0 Å². The average Bonchev–Trinajstić information content (AvgIpc) is 3.26. The van der Waals surface area contributed by atoms with Crippen LogP contribution in [0, 0.1) is 0 Å². The van der Waals surface area contributed by atoms with Gasteiger partial charge in [-0.15, -0.1) is 0 Å². The minimum atomic E-state index is 0.418. The fraction of sp³-hybridized carbons (Fsp3) is 0.409. The molecule has 0 bridgehead atoms. The Labute approximate surface area is 172 Å². The van der Waals surface area contributed by atoms with Gasteiger partial charge in [0.1, 0.15) is 5.75 Å². The highest BCUT2D eigenvalue weighted by Gasteiger charge is 2.26. The topological polar surface area (TPSA) is 43.0 Å². The molecule has 0 saturated heterocycles. The molecule has 0 spiro atoms. The third-order valence-electron chi connectivity index (χ3n) is 5.17. The number of ether oxygens (including phenoxy) is 3. The Bertz CT molecular complexity index is 806. The van der Waals surface area contributed by atoms with E-state index < -0.39 is 0 Å². The Hall–Kier alpha value is -2.47. The molecule has 1 aliphatic rings. The molecule has 0 amide bonds. The number of methoxy groups -OCH3 is 3. The zero-order chi connectivity index (χ0) is 19.9. The van der Waals surface area contributed by atoms with Gasteiger partial charge in [0.15, 0.2) is 16.6 Å². The quantitative estimate of drug-likeness (QED) is 0.670. The number of hydrogen-bond donors (Lipinski definition) is 1. The summed E-state index contributed by atoms with van der Waals surface area (Å²) in [6.07, 6.45) is 4.76. The summed E-state index contributed by atoms with van der Waals surface area (Å²) in [5.74, 6) is 2.30. The number of hydrogen-bond acceptors (Lipinski definition) is 4. The maximum absolute atomic E-state index is 5.82. The first-order valence-electron chi connectivity index (χ1n) is 9.57. The van der Waals surface area contributed by atoms with Crippen molar-refractivity contribution in [1.82, 2.24) is 4.90 Å². The van der Waals surface area contributed by atoms with E-state index in [1.165, 1.54) is 12.8 Å². The van der Waals surface area contributed by atoms with Gasteiger partial charge in [0.05, 0.1) is 21.3 Å². The SMILES string of the molecule is COc1cccc(NC(=S)N(Cc2cccc(OC)c2OC)C2CCCC2)c1. The fourth-order valence-electron chi connectivity index (χ4n) is 3.74. The minimum Gasteiger partial charge on any atom is -0.497 e. The van der Waals surface area contributed by atoms with E-state index in [4.69, 9.17) is 26.4 Å². The minimum absolute atomic E-state index is 0.418. The number of para-hydroxylation sites is 1. The Morgan fingerprint density at radius 1 is 1.04 bits per heavy atom. The molecular weight excluding hydrogens is 372 g/mol. The van der Waals surface area contributed by atoms with Crippen molar-refractivity contribution in [2.45, 2.75) is 38.3 Å². The smallest absolute Gasteiger partial charge is 0.173 e. The van der Waals surface area contributed by atoms with Crippen molar-refractivity contribution >= 4 is 23.0 Å². The van der Waals surface area contributed by atoms with Gasteiger partial charge in [-0.05, 0) is 43.3 Å². The van der Waals surface area contributed by atoms with E-state index in [0.29, 0.717) is 17.7 Å². The molecule has 0 heterocycles. The van der Waals surface area contributed by atoms with Crippen LogP contribution in [-0.4, -0.2) is 37.4 Å². The highest BCUT2D eigenvalue weighted by atomic mass is 32.1. The van der Waals surface area contributed by atoms with Crippen LogP contribution in [-0.2, 0) is 6.54 Å². The van der Waals surface area contributed by atoms with Gasteiger partial charge in [0.2, 0.25) is 0 Å². The zero-order valence-electron chi connectivity index (χ0n) is 16.7. The summed E-state index contributed by atoms with van der Waals surface area (Å²) in [6.45, 7) is 0.668. The van der Waals surface area contributed by atoms with Crippen LogP contribution in [0.4, 0.5) is 5.69 Å². The first-order chi connectivity index (χ1) is 13.7. The normalized spacial score (nSPS) is 13.8. The first kappa shape index (κ1) is 20.3. The van der Waals surface area contributed by atoms with Gasteiger partial charge in [-0.25, -0.2) is 0 Å². The molecule has 2 aromatic carbocycles. The first-order valence-corrected chi connectivity index (χ1v) is 9.98. The molecule has 6 heteroatoms. The van der Waals surface area contributed by atoms with Crippen molar-refractivity contribution in [3.63, 3.8) is 0 Å². The number of benzene rings is 2. The molecule has 2 aromatic rings. The van der Waals surface area contributed by atoms with Gasteiger partial charge < -0.3 is 24.4 Å². The summed E-state index contributed by atoms with van der Waals surface area (Å²) < 4.78 is 16.4. The molecule has 1 fully saturated rings. The Morgan fingerprint density at radius 3 is 2.46 bits per heavy atom. The van der Waals surface area contributed by atoms with E-state index in [1.807, 2.05) is 36.4 Å². The fourth-order valence-corrected chi connectivity index (χ4v) is 4.07. The lowest BCUT2D eigenvalue weighted by atomic mass is 10.1. The summed E-state index contributed by atoms with van der Waals surface area (Å²) in [4.78, 5) is 2.28. The molecule has 3 rings (SSSR count). The van der Waals surface area contributed by atoms with E-state index in [2.05, 4.69) is 16.3 Å². The van der Waals surface area contributed by atoms with Gasteiger partial charge in [-0.2, -0.15) is 0 Å². The molecule has 1 aliphatic carbocycles. The van der Waals surface area contributed by atoms with Crippen molar-refractivity contribution in [2.75, 3.05) is 26.6 Å². The molecule has 0 atom stereocenters. The van der Waals surface area contributed by atoms with Crippen LogP contribution in [0.2, 0.25) is 0 Å². The molecule has 28 heavy (non-hydrogen) atoms. The molecular formula is C22H28N2O3S. The predicted octanol–water partition coefficient (Wildman–Crippen LogP) is 4.85. The van der Waals surface area contributed by atoms with Gasteiger partial charge in [0, 0.05) is 29.9 Å². The van der Waals surface area contributed by atoms with Crippen LogP contribution < -0.4 is 19.5 Å². The molecule has 150 valence electrons. The van der Waals surface area contributed by atoms with Crippen LogP contribution in [0.25, 0.3) is 0 Å². The van der Waals surface area contributed by atoms with Crippen LogP contribution >= 0.6 is 12.2 Å². The highest BCUT2D eigenvalue weighted by molar-refractivity contribution is 7.80. The number of nitrogens with one attached hydrogen (secondary N) is 1. The van der Waals surface area contributed by atoms with Crippen LogP contribution in [0.15, 0.2) is 42.5 Å². The van der Waals surface area contributed by atoms with Crippen LogP contribution in [0.3, 0.4) is 0 Å². The van der Waals surface area contributed by atoms with Gasteiger partial charge in [0.25, 0.3) is 0 Å². The molecule has 5 nitrogen and oxygen atoms in total. The summed E-state index contributed by atoms with van der Waals surface area (Å²) in [7, 11) is 5.00. The zero-order valence-corrected chi connectivity index (χ0v) is 17.6. The van der Waals surface area contributed by atoms with Gasteiger partial charge in [-0.1, -0.05) is 31.0 Å². The lowest BCUT2D eigenvalue weighted by molar-refractivity contribution is 0.300. The second-order valence-corrected chi connectivity index (χ2v) is 7.27. The monoisotopic (exact) mass is 400 g/mol. The molecule has 0 aliphatic heterocycles. The van der Waals surface area contributed by atoms with Crippen molar-refractivity contribution in [3.8, 4) is 17.2 Å². The number of thiocarbonyl (C=S) groups is 1. The Balaban J connectivity index is 1.84. The van der Waals surface area contributed by atoms with Gasteiger partial charge in [-0.3, -0.25) is 0 Å². The molecule has 0 aromatic heterocycles. The van der Waals surface area contributed by atoms with Crippen LogP contribution in [0.1, 0.15) is 31.2 Å². The summed E-state index contributed by atoms with van der Waals surface area (Å²) >= 11 is 5.82. The average molecular weight is 401 g/mol. The third-order valence-corrected chi connectivity index (χ3v) is 5.51. The van der Waals surface area contributed by atoms with Crippen molar-refractivity contribution in [1.29, 1.82) is 0 Å². The highest BCUT2D eigenvalue weighted by Crippen LogP contribution is 2.34. The summed E-state index contributed by atoms with van der Waals surface area (Å²) in [6, 6.07) is 14.2. The maximum atomic E-state index is 5.82. The maximum Gasteiger partial charge on any atom is 0.173 e. The van der Waals surface area contributed by atoms with Crippen molar-refractivity contribution in [2.24, 2.45) is 0 Å². The number of anilines is 1. The van der Waals surface area contributed by atoms with Crippen LogP contribution in [0.5, 0.6) is 17.2 Å². The van der Waals surface area contributed by atoms with E-state index in [0.717, 1.165) is 41.3 Å². The number of nitrogens with zero attached hydrogens (tertiary/aromatic N) is 1. The summed E-state index contributed by atoms with van der Waals surface area (Å²) in [5, 5.41) is 4.10. The third kappa shape index (κ3) is 4.68. The second-order valence-electron chi connectivity index (χ2n) is 6.88. The van der Waals surface area contributed by atoms with Crippen molar-refractivity contribution < 1.29 is 14.2 Å². The lowest BCUT2D eigenvalue weighted by Gasteiger charge is -2.32. The van der Waals surface area contributed by atoms with E-state index in [-0.39, 0.29) is 0 Å². The Kier molecular flexibility index (Phi) is 6.98. The molecule has 1 saturated carbocycles. The predicted molar refractivity (Wildman–Crippen MR) is 117 cm³/mol. The molecule has 0 unspecified atom stereocenters. The largest absolute Gasteiger partial charge is 0.497 e.